The van der Waals surface area contributed by atoms with Crippen LogP contribution >= 0.6 is 0 Å². The lowest BCUT2D eigenvalue weighted by Gasteiger charge is -2.36. The van der Waals surface area contributed by atoms with E-state index in [4.69, 9.17) is 28.4 Å². The molecule has 6 amide bonds. The quantitative estimate of drug-likeness (QED) is 0.130. The Bertz CT molecular complexity index is 3090. The lowest BCUT2D eigenvalue weighted by atomic mass is 9.87. The Labute approximate surface area is 510 Å². The van der Waals surface area contributed by atoms with Crippen LogP contribution in [0, 0.1) is 5.41 Å². The number of nitrogens with one attached hydrogen (secondary N) is 2. The SMILES string of the molecule is COc1ccc(CC[C@H]2OC(=O)[C@@H]3CCCCN3C(=O)C(=O)C(C)(C)COC(=O)/C=C\CCN(C)C(=O)[C@H](Cc3ccccc3)NC(=O)[C@H](COC(C)(C)C)N(C)C(=O)C(c3ccccc3)NC(=O)[C@H](C)N(C)C(=O)COc3cccc2c3)cc1OC. The third kappa shape index (κ3) is 19.0. The van der Waals surface area contributed by atoms with Gasteiger partial charge in [0.05, 0.1) is 31.8 Å². The van der Waals surface area contributed by atoms with Crippen molar-refractivity contribution >= 4 is 53.2 Å². The average molecular weight is 1200 g/mol. The molecule has 4 aromatic rings. The van der Waals surface area contributed by atoms with E-state index in [9.17, 15) is 43.2 Å². The molecule has 6 atom stereocenters. The fraction of sp³-hybridized carbons (Fsp3) is 0.470. The Kier molecular flexibility index (Phi) is 24.2. The van der Waals surface area contributed by atoms with Gasteiger partial charge in [0.1, 0.15) is 48.7 Å². The van der Waals surface area contributed by atoms with Crippen molar-refractivity contribution in [2.45, 2.75) is 128 Å². The summed E-state index contributed by atoms with van der Waals surface area (Å²) >= 11 is 0. The molecule has 0 aliphatic carbocycles. The minimum atomic E-state index is -1.51. The zero-order chi connectivity index (χ0) is 63.6. The molecule has 6 rings (SSSR count). The van der Waals surface area contributed by atoms with Gasteiger partial charge in [-0.1, -0.05) is 84.9 Å². The molecule has 468 valence electrons. The van der Waals surface area contributed by atoms with Crippen molar-refractivity contribution < 1.29 is 71.6 Å². The second-order valence-electron chi connectivity index (χ2n) is 23.5. The van der Waals surface area contributed by atoms with Gasteiger partial charge in [-0.15, -0.1) is 0 Å². The van der Waals surface area contributed by atoms with E-state index >= 15 is 0 Å². The summed E-state index contributed by atoms with van der Waals surface area (Å²) in [4.78, 5) is 133. The summed E-state index contributed by atoms with van der Waals surface area (Å²) in [6, 6.07) is 23.4. The van der Waals surface area contributed by atoms with Crippen molar-refractivity contribution in [3.05, 3.63) is 138 Å². The third-order valence-electron chi connectivity index (χ3n) is 15.4. The molecule has 1 fully saturated rings. The Morgan fingerprint density at radius 3 is 2.06 bits per heavy atom. The molecule has 2 aliphatic heterocycles. The number of likely N-dealkylation sites (N-methyl/N-ethyl adjacent to an activating group) is 3. The van der Waals surface area contributed by atoms with Crippen LogP contribution in [0.4, 0.5) is 0 Å². The minimum absolute atomic E-state index is 0.0648. The van der Waals surface area contributed by atoms with Crippen LogP contribution in [0.5, 0.6) is 17.2 Å². The molecule has 2 N–H and O–H groups in total. The maximum atomic E-state index is 15.0. The normalized spacial score (nSPS) is 22.8. The number of ketones is 1. The summed E-state index contributed by atoms with van der Waals surface area (Å²) in [5, 5.41) is 5.72. The summed E-state index contributed by atoms with van der Waals surface area (Å²) < 4.78 is 35.0. The molecular formula is C66H84N6O15. The first-order valence-corrected chi connectivity index (χ1v) is 29.3. The third-order valence-corrected chi connectivity index (χ3v) is 15.4. The highest BCUT2D eigenvalue weighted by Crippen LogP contribution is 2.33. The topological polar surface area (TPSA) is 246 Å². The molecule has 1 saturated heterocycles. The number of ether oxygens (including phenoxy) is 6. The number of nitrogens with zero attached hydrogens (tertiary/aromatic N) is 4. The maximum Gasteiger partial charge on any atom is 0.330 e. The van der Waals surface area contributed by atoms with Crippen LogP contribution in [0.15, 0.2) is 115 Å². The van der Waals surface area contributed by atoms with Crippen LogP contribution in [0.3, 0.4) is 0 Å². The molecule has 87 heavy (non-hydrogen) atoms. The summed E-state index contributed by atoms with van der Waals surface area (Å²) in [6.07, 6.45) is 3.86. The Balaban J connectivity index is 1.34. The van der Waals surface area contributed by atoms with Crippen LogP contribution in [0.2, 0.25) is 0 Å². The van der Waals surface area contributed by atoms with E-state index in [0.717, 1.165) is 17.2 Å². The molecule has 4 aromatic carbocycles. The number of amides is 6. The van der Waals surface area contributed by atoms with Crippen molar-refractivity contribution in [2.24, 2.45) is 5.41 Å². The number of benzene rings is 4. The number of fused-ring (bicyclic) bond motifs is 3. The fourth-order valence-electron chi connectivity index (χ4n) is 9.88. The van der Waals surface area contributed by atoms with Gasteiger partial charge in [-0.25, -0.2) is 9.59 Å². The number of piperidine rings is 1. The van der Waals surface area contributed by atoms with E-state index in [0.29, 0.717) is 41.9 Å². The van der Waals surface area contributed by atoms with E-state index in [1.165, 1.54) is 74.8 Å². The van der Waals surface area contributed by atoms with Crippen molar-refractivity contribution in [1.29, 1.82) is 0 Å². The molecule has 0 aromatic heterocycles. The predicted octanol–water partition coefficient (Wildman–Crippen LogP) is 6.31. The van der Waals surface area contributed by atoms with Crippen LogP contribution in [0.25, 0.3) is 0 Å². The molecule has 0 saturated carbocycles. The van der Waals surface area contributed by atoms with Crippen molar-refractivity contribution in [1.82, 2.24) is 30.2 Å². The highest BCUT2D eigenvalue weighted by molar-refractivity contribution is 6.38. The number of rotatable bonds is 10. The highest BCUT2D eigenvalue weighted by atomic mass is 16.5. The second kappa shape index (κ2) is 31.2. The number of carbonyl (C=O) groups is 9. The van der Waals surface area contributed by atoms with Gasteiger partial charge in [-0.2, -0.15) is 0 Å². The number of esters is 2. The monoisotopic (exact) mass is 1200 g/mol. The van der Waals surface area contributed by atoms with E-state index in [2.05, 4.69) is 10.6 Å². The zero-order valence-electron chi connectivity index (χ0n) is 51.8. The Morgan fingerprint density at radius 2 is 1.38 bits per heavy atom. The van der Waals surface area contributed by atoms with Crippen molar-refractivity contribution in [2.75, 3.05) is 68.3 Å². The number of methoxy groups -OCH3 is 2. The number of carbonyl (C=O) groups excluding carboxylic acids is 9. The van der Waals surface area contributed by atoms with Gasteiger partial charge in [-0.3, -0.25) is 33.6 Å². The lowest BCUT2D eigenvalue weighted by Crippen LogP contribution is -2.58. The molecule has 21 nitrogen and oxygen atoms in total. The number of Topliss-reactive ketones (excluding diaryl/α,β-unsaturated/α-hetero) is 1. The van der Waals surface area contributed by atoms with Gasteiger partial charge in [-0.05, 0) is 127 Å². The van der Waals surface area contributed by atoms with E-state index < -0.39 is 114 Å². The van der Waals surface area contributed by atoms with Crippen LogP contribution in [-0.4, -0.2) is 171 Å². The number of hydrogen-bond acceptors (Lipinski definition) is 15. The highest BCUT2D eigenvalue weighted by Gasteiger charge is 2.43. The van der Waals surface area contributed by atoms with Gasteiger partial charge in [0, 0.05) is 46.7 Å². The van der Waals surface area contributed by atoms with E-state index in [1.807, 2.05) is 30.3 Å². The molecule has 1 unspecified atom stereocenters. The molecule has 2 bridgehead atoms. The standard InChI is InChI=1S/C66H84N6O15/c1-43-59(76)68-57(46-25-16-13-17-26-46)62(79)71(9)51(40-86-65(2,3)4)60(77)67-49(37-44-23-14-12-15-24-44)61(78)69(7)35-20-19-30-56(74)85-42-66(5,6)58(75)63(80)72-36-21-18-29-50(72)64(81)87-52(33-31-45-32-34-53(82-10)54(38-45)83-11)47-27-22-28-48(39-47)84-41-55(73)70(43)8/h12-17,19,22-28,30,32,34,38-39,43,49-52,57H,18,20-21,29,31,33,35-37,40-42H2,1-11H3,(H,67,77)(H,68,76)/b30-19-/t43-,49-,50-,51-,52+,57?/m0/s1. The number of cyclic esters (lactones) is 2. The Morgan fingerprint density at radius 1 is 0.701 bits per heavy atom. The van der Waals surface area contributed by atoms with Gasteiger partial charge in [0.25, 0.3) is 11.8 Å². The molecule has 2 heterocycles. The van der Waals surface area contributed by atoms with Crippen LogP contribution < -0.4 is 24.8 Å². The smallest absolute Gasteiger partial charge is 0.330 e. The maximum absolute atomic E-state index is 15.0. The van der Waals surface area contributed by atoms with Crippen LogP contribution in [0.1, 0.15) is 108 Å². The first kappa shape index (κ1) is 67.5. The summed E-state index contributed by atoms with van der Waals surface area (Å²) in [7, 11) is 7.43. The summed E-state index contributed by atoms with van der Waals surface area (Å²) in [5.74, 6) is -5.31. The van der Waals surface area contributed by atoms with Crippen molar-refractivity contribution in [3.8, 4) is 17.2 Å². The van der Waals surface area contributed by atoms with Crippen molar-refractivity contribution in [3.63, 3.8) is 0 Å². The predicted molar refractivity (Wildman–Crippen MR) is 323 cm³/mol. The lowest BCUT2D eigenvalue weighted by molar-refractivity contribution is -0.165. The fourth-order valence-corrected chi connectivity index (χ4v) is 9.88. The zero-order valence-corrected chi connectivity index (χ0v) is 51.8. The molecule has 0 spiro atoms. The number of aryl methyl sites for hydroxylation is 1. The van der Waals surface area contributed by atoms with E-state index in [1.54, 1.807) is 101 Å². The van der Waals surface area contributed by atoms with Gasteiger partial charge in [0.2, 0.25) is 29.4 Å². The molecule has 2 aliphatic rings. The minimum Gasteiger partial charge on any atom is -0.493 e. The average Bonchev–Trinajstić information content (AvgIpc) is 3.12. The first-order chi connectivity index (χ1) is 41.3. The van der Waals surface area contributed by atoms with Gasteiger partial charge in [0.15, 0.2) is 18.1 Å². The van der Waals surface area contributed by atoms with Gasteiger partial charge < -0.3 is 58.7 Å². The summed E-state index contributed by atoms with van der Waals surface area (Å²) in [6.45, 7) is 8.68. The number of hydrogen-bond donors (Lipinski definition) is 2. The molecule has 0 radical (unpaired) electrons. The van der Waals surface area contributed by atoms with Crippen LogP contribution in [-0.2, 0) is 70.2 Å². The molecule has 21 heteroatoms. The van der Waals surface area contributed by atoms with Gasteiger partial charge >= 0.3 is 11.9 Å². The summed E-state index contributed by atoms with van der Waals surface area (Å²) in [5.41, 5.74) is 0.136. The first-order valence-electron chi connectivity index (χ1n) is 29.3. The second-order valence-corrected chi connectivity index (χ2v) is 23.5. The largest absolute Gasteiger partial charge is 0.493 e. The van der Waals surface area contributed by atoms with E-state index in [-0.39, 0.29) is 51.1 Å². The Hall–Kier alpha value is -8.59. The molecular weight excluding hydrogens is 1120 g/mol.